The monoisotopic (exact) mass is 665 g/mol. The fourth-order valence-electron chi connectivity index (χ4n) is 7.79. The quantitative estimate of drug-likeness (QED) is 0.133. The number of fused-ring (bicyclic) bond motifs is 7. The van der Waals surface area contributed by atoms with Crippen LogP contribution >= 0.6 is 0 Å². The Balaban J connectivity index is 1.10. The van der Waals surface area contributed by atoms with Crippen LogP contribution in [0.5, 0.6) is 0 Å². The Morgan fingerprint density at radius 1 is 0.500 bits per heavy atom. The molecule has 0 saturated carbocycles. The summed E-state index contributed by atoms with van der Waals surface area (Å²) in [4.78, 5) is 14.7. The highest BCUT2D eigenvalue weighted by Crippen LogP contribution is 2.49. The fourth-order valence-corrected chi connectivity index (χ4v) is 7.79. The second-order valence-electron chi connectivity index (χ2n) is 13.2. The first-order valence-corrected chi connectivity index (χ1v) is 17.5. The lowest BCUT2D eigenvalue weighted by Gasteiger charge is -2.10. The number of nitrogens with zero attached hydrogens (tertiary/aromatic N) is 3. The summed E-state index contributed by atoms with van der Waals surface area (Å²) >= 11 is 0. The molecule has 0 amide bonds. The Labute approximate surface area is 300 Å². The molecule has 0 fully saturated rings. The Kier molecular flexibility index (Phi) is 7.00. The van der Waals surface area contributed by atoms with Gasteiger partial charge in [0.05, 0.1) is 6.54 Å². The molecule has 0 N–H and O–H groups in total. The minimum absolute atomic E-state index is 0.488. The van der Waals surface area contributed by atoms with Crippen molar-refractivity contribution < 1.29 is 4.42 Å². The number of hydrogen-bond acceptors (Lipinski definition) is 2. The van der Waals surface area contributed by atoms with Gasteiger partial charge in [0.2, 0.25) is 0 Å². The van der Waals surface area contributed by atoms with Crippen LogP contribution in [0.2, 0.25) is 0 Å². The SMILES string of the molecule is C=NC(=NC(=NCc1ccccc1)c1ccc2ccccc2c1)c1cccc2oc3cc(-c4ccc5c6c(cccc46)-c4ccccc4-5)ccc3c12. The third-order valence-electron chi connectivity index (χ3n) is 10.2. The van der Waals surface area contributed by atoms with Crippen molar-refractivity contribution in [1.82, 2.24) is 0 Å². The highest BCUT2D eigenvalue weighted by molar-refractivity contribution is 6.23. The maximum Gasteiger partial charge on any atom is 0.161 e. The van der Waals surface area contributed by atoms with Gasteiger partial charge < -0.3 is 4.42 Å². The molecule has 9 aromatic rings. The predicted molar refractivity (Wildman–Crippen MR) is 218 cm³/mol. The van der Waals surface area contributed by atoms with Crippen LogP contribution < -0.4 is 0 Å². The van der Waals surface area contributed by atoms with Crippen LogP contribution in [0.4, 0.5) is 0 Å². The van der Waals surface area contributed by atoms with E-state index in [1.807, 2.05) is 42.5 Å². The zero-order valence-corrected chi connectivity index (χ0v) is 28.3. The van der Waals surface area contributed by atoms with E-state index in [9.17, 15) is 0 Å². The summed E-state index contributed by atoms with van der Waals surface area (Å²) in [6, 6.07) is 57.2. The highest BCUT2D eigenvalue weighted by atomic mass is 16.3. The summed E-state index contributed by atoms with van der Waals surface area (Å²) in [5, 5.41) is 6.78. The molecule has 1 heterocycles. The van der Waals surface area contributed by atoms with E-state index in [1.54, 1.807) is 0 Å². The van der Waals surface area contributed by atoms with Gasteiger partial charge in [-0.05, 0) is 91.5 Å². The maximum absolute atomic E-state index is 6.57. The second kappa shape index (κ2) is 12.1. The Hall–Kier alpha value is -6.91. The molecular formula is C48H31N3O. The number of aliphatic imine (C=N–C) groups is 3. The van der Waals surface area contributed by atoms with E-state index < -0.39 is 0 Å². The van der Waals surface area contributed by atoms with Gasteiger partial charge in [-0.1, -0.05) is 140 Å². The van der Waals surface area contributed by atoms with Gasteiger partial charge in [-0.2, -0.15) is 0 Å². The van der Waals surface area contributed by atoms with Crippen molar-refractivity contribution in [2.24, 2.45) is 15.0 Å². The first kappa shape index (κ1) is 30.0. The minimum Gasteiger partial charge on any atom is -0.456 e. The predicted octanol–water partition coefficient (Wildman–Crippen LogP) is 12.3. The van der Waals surface area contributed by atoms with Crippen LogP contribution in [-0.2, 0) is 6.54 Å². The van der Waals surface area contributed by atoms with Gasteiger partial charge in [-0.15, -0.1) is 0 Å². The fraction of sp³-hybridized carbons (Fsp3) is 0.0208. The lowest BCUT2D eigenvalue weighted by Crippen LogP contribution is -2.06. The van der Waals surface area contributed by atoms with E-state index in [2.05, 4.69) is 133 Å². The summed E-state index contributed by atoms with van der Waals surface area (Å²) in [5.41, 5.74) is 11.9. The van der Waals surface area contributed by atoms with Crippen molar-refractivity contribution in [2.75, 3.05) is 0 Å². The zero-order valence-electron chi connectivity index (χ0n) is 28.3. The average Bonchev–Trinajstić information content (AvgIpc) is 3.75. The molecule has 244 valence electrons. The Morgan fingerprint density at radius 2 is 1.23 bits per heavy atom. The largest absolute Gasteiger partial charge is 0.456 e. The molecule has 0 aliphatic heterocycles. The van der Waals surface area contributed by atoms with Crippen LogP contribution in [0.25, 0.3) is 76.9 Å². The van der Waals surface area contributed by atoms with Gasteiger partial charge in [-0.25, -0.2) is 9.98 Å². The Bertz CT molecular complexity index is 2920. The van der Waals surface area contributed by atoms with Crippen LogP contribution in [-0.4, -0.2) is 18.4 Å². The molecule has 4 nitrogen and oxygen atoms in total. The van der Waals surface area contributed by atoms with E-state index in [-0.39, 0.29) is 0 Å². The first-order chi connectivity index (χ1) is 25.7. The molecule has 0 spiro atoms. The zero-order chi connectivity index (χ0) is 34.6. The van der Waals surface area contributed by atoms with E-state index in [0.717, 1.165) is 55.0 Å². The molecule has 1 aromatic heterocycles. The van der Waals surface area contributed by atoms with Crippen molar-refractivity contribution in [3.05, 3.63) is 180 Å². The summed E-state index contributed by atoms with van der Waals surface area (Å²) < 4.78 is 6.57. The van der Waals surface area contributed by atoms with Crippen LogP contribution in [0.15, 0.2) is 183 Å². The van der Waals surface area contributed by atoms with Gasteiger partial charge in [0.25, 0.3) is 0 Å². The van der Waals surface area contributed by atoms with Crippen molar-refractivity contribution in [2.45, 2.75) is 6.54 Å². The van der Waals surface area contributed by atoms with Gasteiger partial charge in [-0.3, -0.25) is 4.99 Å². The molecule has 0 saturated heterocycles. The Morgan fingerprint density at radius 3 is 2.08 bits per heavy atom. The lowest BCUT2D eigenvalue weighted by molar-refractivity contribution is 0.669. The molecule has 8 aromatic carbocycles. The number of benzene rings is 8. The molecule has 0 unspecified atom stereocenters. The van der Waals surface area contributed by atoms with E-state index in [1.165, 1.54) is 38.6 Å². The van der Waals surface area contributed by atoms with Crippen molar-refractivity contribution in [3.63, 3.8) is 0 Å². The molecule has 1 aliphatic carbocycles. The summed E-state index contributed by atoms with van der Waals surface area (Å²) in [7, 11) is 0. The van der Waals surface area contributed by atoms with Crippen LogP contribution in [0.3, 0.4) is 0 Å². The number of furan rings is 1. The van der Waals surface area contributed by atoms with E-state index in [0.29, 0.717) is 18.2 Å². The van der Waals surface area contributed by atoms with E-state index >= 15 is 0 Å². The molecule has 52 heavy (non-hydrogen) atoms. The third kappa shape index (κ3) is 4.88. The molecule has 0 bridgehead atoms. The molecule has 0 radical (unpaired) electrons. The van der Waals surface area contributed by atoms with Crippen LogP contribution in [0.1, 0.15) is 16.7 Å². The third-order valence-corrected chi connectivity index (χ3v) is 10.2. The van der Waals surface area contributed by atoms with Crippen molar-refractivity contribution in [1.29, 1.82) is 0 Å². The molecule has 10 rings (SSSR count). The van der Waals surface area contributed by atoms with Gasteiger partial charge in [0.15, 0.2) is 11.7 Å². The highest BCUT2D eigenvalue weighted by Gasteiger charge is 2.23. The standard InChI is InChI=1S/C48H31N3O/c1-49-48(51-47(50-29-30-11-3-2-4-12-30)34-22-21-31-13-5-6-14-32(31)27-34)42-19-10-20-43-46(42)41-24-23-33(28-44(41)52-43)35-25-26-40-37-16-8-7-15-36(37)39-18-9-17-38(35)45(39)40/h2-28H,1,29H2. The molecular weight excluding hydrogens is 635 g/mol. The number of hydrogen-bond donors (Lipinski definition) is 0. The minimum atomic E-state index is 0.488. The van der Waals surface area contributed by atoms with Gasteiger partial charge >= 0.3 is 0 Å². The van der Waals surface area contributed by atoms with E-state index in [4.69, 9.17) is 14.4 Å². The first-order valence-electron chi connectivity index (χ1n) is 17.5. The van der Waals surface area contributed by atoms with Gasteiger partial charge in [0.1, 0.15) is 11.2 Å². The maximum atomic E-state index is 6.57. The molecule has 4 heteroatoms. The van der Waals surface area contributed by atoms with Crippen LogP contribution in [0, 0.1) is 0 Å². The second-order valence-corrected chi connectivity index (χ2v) is 13.2. The molecule has 0 atom stereocenters. The van der Waals surface area contributed by atoms with Crippen molar-refractivity contribution >= 4 is 61.9 Å². The van der Waals surface area contributed by atoms with Gasteiger partial charge in [0, 0.05) is 21.9 Å². The number of rotatable bonds is 5. The lowest BCUT2D eigenvalue weighted by atomic mass is 9.93. The summed E-state index contributed by atoms with van der Waals surface area (Å²) in [6.45, 7) is 4.46. The summed E-state index contributed by atoms with van der Waals surface area (Å²) in [5.74, 6) is 1.09. The topological polar surface area (TPSA) is 50.2 Å². The van der Waals surface area contributed by atoms with Crippen molar-refractivity contribution in [3.8, 4) is 33.4 Å². The summed E-state index contributed by atoms with van der Waals surface area (Å²) in [6.07, 6.45) is 0. The molecule has 1 aliphatic rings. The average molecular weight is 666 g/mol. The normalized spacial score (nSPS) is 12.6. The smallest absolute Gasteiger partial charge is 0.161 e. The number of amidine groups is 2.